The molecule has 0 fully saturated rings. The molecule has 110 valence electrons. The van der Waals surface area contributed by atoms with Crippen LogP contribution in [0.25, 0.3) is 0 Å². The average molecular weight is 370 g/mol. The van der Waals surface area contributed by atoms with Gasteiger partial charge in [0.25, 0.3) is 5.69 Å². The van der Waals surface area contributed by atoms with Crippen LogP contribution in [-0.2, 0) is 12.4 Å². The number of anilines is 1. The van der Waals surface area contributed by atoms with E-state index in [0.29, 0.717) is 12.2 Å². The molecule has 2 rings (SSSR count). The van der Waals surface area contributed by atoms with Crippen molar-refractivity contribution in [2.75, 3.05) is 11.9 Å². The summed E-state index contributed by atoms with van der Waals surface area (Å²) in [7, 11) is 1.84. The van der Waals surface area contributed by atoms with E-state index in [4.69, 9.17) is 11.6 Å². The molecule has 0 saturated carbocycles. The van der Waals surface area contributed by atoms with Crippen molar-refractivity contribution in [2.45, 2.75) is 12.4 Å². The molecule has 0 heterocycles. The second kappa shape index (κ2) is 6.91. The van der Waals surface area contributed by atoms with Crippen molar-refractivity contribution in [1.29, 1.82) is 0 Å². The topological polar surface area (TPSA) is 46.4 Å². The van der Waals surface area contributed by atoms with Gasteiger partial charge in [0.15, 0.2) is 0 Å². The van der Waals surface area contributed by atoms with Gasteiger partial charge >= 0.3 is 0 Å². The van der Waals surface area contributed by atoms with E-state index in [0.717, 1.165) is 15.6 Å². The summed E-state index contributed by atoms with van der Waals surface area (Å²) in [5.74, 6) is 0.259. The van der Waals surface area contributed by atoms with Crippen molar-refractivity contribution < 1.29 is 4.92 Å². The summed E-state index contributed by atoms with van der Waals surface area (Å²) in [5.41, 5.74) is 2.45. The summed E-state index contributed by atoms with van der Waals surface area (Å²) < 4.78 is 0.983. The van der Waals surface area contributed by atoms with E-state index < -0.39 is 0 Å². The van der Waals surface area contributed by atoms with E-state index in [1.54, 1.807) is 6.07 Å². The van der Waals surface area contributed by atoms with E-state index in [2.05, 4.69) is 15.9 Å². The zero-order valence-corrected chi connectivity index (χ0v) is 13.8. The van der Waals surface area contributed by atoms with Crippen LogP contribution in [0.3, 0.4) is 0 Å². The molecule has 21 heavy (non-hydrogen) atoms. The lowest BCUT2D eigenvalue weighted by atomic mass is 10.1. The fraction of sp³-hybridized carbons (Fsp3) is 0.200. The van der Waals surface area contributed by atoms with Gasteiger partial charge in [-0.1, -0.05) is 40.2 Å². The summed E-state index contributed by atoms with van der Waals surface area (Å²) in [4.78, 5) is 12.7. The Morgan fingerprint density at radius 2 is 2.00 bits per heavy atom. The minimum absolute atomic E-state index is 0.0719. The zero-order valence-electron chi connectivity index (χ0n) is 11.4. The molecule has 0 aromatic heterocycles. The van der Waals surface area contributed by atoms with Crippen LogP contribution in [0.2, 0.25) is 0 Å². The number of halogens is 2. The van der Waals surface area contributed by atoms with Crippen LogP contribution in [0, 0.1) is 10.1 Å². The minimum Gasteiger partial charge on any atom is -0.365 e. The highest BCUT2D eigenvalue weighted by atomic mass is 79.9. The van der Waals surface area contributed by atoms with Gasteiger partial charge in [-0.25, -0.2) is 0 Å². The van der Waals surface area contributed by atoms with Crippen LogP contribution in [0.15, 0.2) is 46.9 Å². The molecule has 2 aromatic carbocycles. The maximum atomic E-state index is 11.2. The van der Waals surface area contributed by atoms with Gasteiger partial charge in [0.1, 0.15) is 5.69 Å². The van der Waals surface area contributed by atoms with Gasteiger partial charge in [-0.05, 0) is 23.3 Å². The van der Waals surface area contributed by atoms with Crippen LogP contribution in [0.1, 0.15) is 11.1 Å². The first-order valence-electron chi connectivity index (χ1n) is 6.30. The molecule has 0 saturated heterocycles. The summed E-state index contributed by atoms with van der Waals surface area (Å²) in [6.07, 6.45) is 0. The maximum absolute atomic E-state index is 11.2. The van der Waals surface area contributed by atoms with Gasteiger partial charge in [0, 0.05) is 30.0 Å². The number of alkyl halides is 1. The predicted molar refractivity (Wildman–Crippen MR) is 88.9 cm³/mol. The molecule has 0 radical (unpaired) electrons. The summed E-state index contributed by atoms with van der Waals surface area (Å²) in [6, 6.07) is 12.9. The van der Waals surface area contributed by atoms with Crippen LogP contribution < -0.4 is 4.90 Å². The third-order valence-electron chi connectivity index (χ3n) is 3.17. The first kappa shape index (κ1) is 15.8. The fourth-order valence-corrected chi connectivity index (χ4v) is 2.66. The SMILES string of the molecule is CN(Cc1ccccc1Br)c1ccc(CCl)cc1[N+](=O)[O-]. The Balaban J connectivity index is 2.33. The number of rotatable bonds is 5. The fourth-order valence-electron chi connectivity index (χ4n) is 2.09. The third kappa shape index (κ3) is 3.74. The highest BCUT2D eigenvalue weighted by Gasteiger charge is 2.18. The lowest BCUT2D eigenvalue weighted by Crippen LogP contribution is -2.18. The van der Waals surface area contributed by atoms with Gasteiger partial charge < -0.3 is 4.90 Å². The Kier molecular flexibility index (Phi) is 5.20. The number of hydrogen-bond acceptors (Lipinski definition) is 3. The van der Waals surface area contributed by atoms with Gasteiger partial charge in [0.2, 0.25) is 0 Å². The molecule has 0 unspecified atom stereocenters. The van der Waals surface area contributed by atoms with Crippen molar-refractivity contribution in [3.63, 3.8) is 0 Å². The Hall–Kier alpha value is -1.59. The van der Waals surface area contributed by atoms with Gasteiger partial charge in [0.05, 0.1) is 4.92 Å². The van der Waals surface area contributed by atoms with E-state index in [1.807, 2.05) is 42.3 Å². The lowest BCUT2D eigenvalue weighted by molar-refractivity contribution is -0.384. The quantitative estimate of drug-likeness (QED) is 0.435. The minimum atomic E-state index is -0.373. The lowest BCUT2D eigenvalue weighted by Gasteiger charge is -2.20. The number of hydrogen-bond donors (Lipinski definition) is 0. The largest absolute Gasteiger partial charge is 0.365 e. The molecule has 0 aliphatic rings. The van der Waals surface area contributed by atoms with Crippen LogP contribution >= 0.6 is 27.5 Å². The molecule has 0 aliphatic carbocycles. The molecular formula is C15H14BrClN2O2. The molecule has 0 atom stereocenters. The van der Waals surface area contributed by atoms with Crippen LogP contribution in [0.5, 0.6) is 0 Å². The molecule has 0 amide bonds. The highest BCUT2D eigenvalue weighted by Crippen LogP contribution is 2.30. The Morgan fingerprint density at radius 3 is 2.62 bits per heavy atom. The molecule has 0 N–H and O–H groups in total. The van der Waals surface area contributed by atoms with E-state index in [1.165, 1.54) is 6.07 Å². The Bertz CT molecular complexity index is 664. The normalized spacial score (nSPS) is 10.4. The summed E-state index contributed by atoms with van der Waals surface area (Å²) in [6.45, 7) is 0.572. The molecule has 6 heteroatoms. The van der Waals surface area contributed by atoms with E-state index >= 15 is 0 Å². The number of nitro benzene ring substituents is 1. The standard InChI is InChI=1S/C15H14BrClN2O2/c1-18(10-12-4-2-3-5-13(12)16)14-7-6-11(9-17)8-15(14)19(20)21/h2-8H,9-10H2,1H3. The Morgan fingerprint density at radius 1 is 1.29 bits per heavy atom. The second-order valence-electron chi connectivity index (χ2n) is 4.66. The first-order valence-corrected chi connectivity index (χ1v) is 7.63. The molecule has 2 aromatic rings. The highest BCUT2D eigenvalue weighted by molar-refractivity contribution is 9.10. The van der Waals surface area contributed by atoms with Crippen molar-refractivity contribution in [3.8, 4) is 0 Å². The van der Waals surface area contributed by atoms with Crippen molar-refractivity contribution in [1.82, 2.24) is 0 Å². The van der Waals surface area contributed by atoms with Gasteiger partial charge in [-0.3, -0.25) is 10.1 Å². The van der Waals surface area contributed by atoms with Crippen LogP contribution in [0.4, 0.5) is 11.4 Å². The molecule has 0 aliphatic heterocycles. The van der Waals surface area contributed by atoms with Crippen molar-refractivity contribution >= 4 is 38.9 Å². The van der Waals surface area contributed by atoms with Crippen LogP contribution in [-0.4, -0.2) is 12.0 Å². The maximum Gasteiger partial charge on any atom is 0.292 e. The smallest absolute Gasteiger partial charge is 0.292 e. The average Bonchev–Trinajstić information content (AvgIpc) is 2.48. The first-order chi connectivity index (χ1) is 10.0. The number of benzene rings is 2. The third-order valence-corrected chi connectivity index (χ3v) is 4.25. The molecule has 0 bridgehead atoms. The molecule has 0 spiro atoms. The second-order valence-corrected chi connectivity index (χ2v) is 5.78. The van der Waals surface area contributed by atoms with E-state index in [9.17, 15) is 10.1 Å². The van der Waals surface area contributed by atoms with E-state index in [-0.39, 0.29) is 16.5 Å². The summed E-state index contributed by atoms with van der Waals surface area (Å²) >= 11 is 9.23. The van der Waals surface area contributed by atoms with Crippen molar-refractivity contribution in [2.24, 2.45) is 0 Å². The predicted octanol–water partition coefficient (Wildman–Crippen LogP) is 4.73. The number of nitrogens with zero attached hydrogens (tertiary/aromatic N) is 2. The van der Waals surface area contributed by atoms with Gasteiger partial charge in [-0.2, -0.15) is 0 Å². The molecular weight excluding hydrogens is 356 g/mol. The monoisotopic (exact) mass is 368 g/mol. The zero-order chi connectivity index (χ0) is 15.4. The number of nitro groups is 1. The van der Waals surface area contributed by atoms with Gasteiger partial charge in [-0.15, -0.1) is 11.6 Å². The summed E-state index contributed by atoms with van der Waals surface area (Å²) in [5, 5.41) is 11.2. The Labute approximate surface area is 136 Å². The van der Waals surface area contributed by atoms with Crippen molar-refractivity contribution in [3.05, 3.63) is 68.2 Å². The molecule has 4 nitrogen and oxygen atoms in total.